The van der Waals surface area contributed by atoms with Gasteiger partial charge in [-0.2, -0.15) is 0 Å². The molecule has 0 atom stereocenters. The molecule has 0 unspecified atom stereocenters. The summed E-state index contributed by atoms with van der Waals surface area (Å²) >= 11 is 0. The fourth-order valence-electron chi connectivity index (χ4n) is 2.56. The highest BCUT2D eigenvalue weighted by atomic mass is 16.2. The summed E-state index contributed by atoms with van der Waals surface area (Å²) < 4.78 is 0. The van der Waals surface area contributed by atoms with E-state index in [0.29, 0.717) is 17.8 Å². The molecule has 0 bridgehead atoms. The molecule has 0 aromatic heterocycles. The van der Waals surface area contributed by atoms with E-state index in [4.69, 9.17) is 0 Å². The van der Waals surface area contributed by atoms with Crippen LogP contribution in [-0.2, 0) is 11.3 Å². The second-order valence-corrected chi connectivity index (χ2v) is 5.23. The van der Waals surface area contributed by atoms with E-state index >= 15 is 0 Å². The van der Waals surface area contributed by atoms with Crippen LogP contribution in [0.15, 0.2) is 42.5 Å². The first-order chi connectivity index (χ1) is 9.56. The zero-order chi connectivity index (χ0) is 14.3. The van der Waals surface area contributed by atoms with E-state index in [1.807, 2.05) is 50.2 Å². The maximum absolute atomic E-state index is 12.1. The summed E-state index contributed by atoms with van der Waals surface area (Å²) in [6.45, 7) is 4.36. The summed E-state index contributed by atoms with van der Waals surface area (Å²) in [5, 5.41) is 0. The molecule has 0 saturated carbocycles. The standard InChI is InChI=1S/C17H15NO2/c1-11-4-3-5-13(8-11)10-18-15-7-6-12(2)9-14(15)16(19)17(18)20/h3-9H,10H2,1-2H3. The molecule has 1 aliphatic heterocycles. The quantitative estimate of drug-likeness (QED) is 0.783. The van der Waals surface area contributed by atoms with Gasteiger partial charge in [0.05, 0.1) is 17.8 Å². The Morgan fingerprint density at radius 2 is 1.70 bits per heavy atom. The van der Waals surface area contributed by atoms with Crippen LogP contribution in [0.4, 0.5) is 5.69 Å². The SMILES string of the molecule is Cc1cccc(CN2C(=O)C(=O)c3cc(C)ccc32)c1. The predicted molar refractivity (Wildman–Crippen MR) is 77.9 cm³/mol. The van der Waals surface area contributed by atoms with E-state index in [0.717, 1.165) is 16.7 Å². The number of carbonyl (C=O) groups is 2. The number of aryl methyl sites for hydroxylation is 2. The molecule has 1 aliphatic rings. The second kappa shape index (κ2) is 4.60. The van der Waals surface area contributed by atoms with Crippen molar-refractivity contribution in [2.45, 2.75) is 20.4 Å². The van der Waals surface area contributed by atoms with Crippen LogP contribution in [-0.4, -0.2) is 11.7 Å². The van der Waals surface area contributed by atoms with Gasteiger partial charge in [-0.3, -0.25) is 9.59 Å². The van der Waals surface area contributed by atoms with Crippen molar-refractivity contribution in [3.63, 3.8) is 0 Å². The molecule has 0 spiro atoms. The third-order valence-electron chi connectivity index (χ3n) is 3.55. The molecule has 100 valence electrons. The lowest BCUT2D eigenvalue weighted by Crippen LogP contribution is -2.29. The van der Waals surface area contributed by atoms with E-state index in [9.17, 15) is 9.59 Å². The van der Waals surface area contributed by atoms with Gasteiger partial charge in [-0.1, -0.05) is 41.5 Å². The van der Waals surface area contributed by atoms with Gasteiger partial charge in [0.1, 0.15) is 0 Å². The number of fused-ring (bicyclic) bond motifs is 1. The van der Waals surface area contributed by atoms with Crippen molar-refractivity contribution in [3.05, 3.63) is 64.7 Å². The highest BCUT2D eigenvalue weighted by Crippen LogP contribution is 2.31. The summed E-state index contributed by atoms with van der Waals surface area (Å²) in [7, 11) is 0. The largest absolute Gasteiger partial charge is 0.300 e. The van der Waals surface area contributed by atoms with Crippen molar-refractivity contribution in [1.29, 1.82) is 0 Å². The van der Waals surface area contributed by atoms with Gasteiger partial charge < -0.3 is 4.90 Å². The Hall–Kier alpha value is -2.42. The van der Waals surface area contributed by atoms with Gasteiger partial charge in [0.2, 0.25) is 0 Å². The van der Waals surface area contributed by atoms with Crippen molar-refractivity contribution in [1.82, 2.24) is 0 Å². The van der Waals surface area contributed by atoms with Crippen LogP contribution in [0.2, 0.25) is 0 Å². The summed E-state index contributed by atoms with van der Waals surface area (Å²) in [5.41, 5.74) is 4.39. The van der Waals surface area contributed by atoms with Gasteiger partial charge in [-0.05, 0) is 31.5 Å². The van der Waals surface area contributed by atoms with Crippen LogP contribution < -0.4 is 4.90 Å². The molecule has 0 aliphatic carbocycles. The Morgan fingerprint density at radius 1 is 0.950 bits per heavy atom. The van der Waals surface area contributed by atoms with Gasteiger partial charge >= 0.3 is 0 Å². The monoisotopic (exact) mass is 265 g/mol. The normalized spacial score (nSPS) is 13.8. The number of rotatable bonds is 2. The molecule has 1 amide bonds. The minimum Gasteiger partial charge on any atom is -0.300 e. The van der Waals surface area contributed by atoms with E-state index < -0.39 is 11.7 Å². The van der Waals surface area contributed by atoms with Gasteiger partial charge in [-0.15, -0.1) is 0 Å². The van der Waals surface area contributed by atoms with Crippen LogP contribution in [0.5, 0.6) is 0 Å². The molecular weight excluding hydrogens is 250 g/mol. The summed E-state index contributed by atoms with van der Waals surface area (Å²) in [5.74, 6) is -0.844. The van der Waals surface area contributed by atoms with Crippen molar-refractivity contribution < 1.29 is 9.59 Å². The molecule has 0 fully saturated rings. The molecule has 20 heavy (non-hydrogen) atoms. The second-order valence-electron chi connectivity index (χ2n) is 5.23. The summed E-state index contributed by atoms with van der Waals surface area (Å²) in [4.78, 5) is 25.7. The molecule has 3 rings (SSSR count). The number of carbonyl (C=O) groups excluding carboxylic acids is 2. The highest BCUT2D eigenvalue weighted by Gasteiger charge is 2.35. The van der Waals surface area contributed by atoms with Gasteiger partial charge in [0.25, 0.3) is 11.7 Å². The third kappa shape index (κ3) is 2.01. The van der Waals surface area contributed by atoms with E-state index in [1.54, 1.807) is 11.0 Å². The van der Waals surface area contributed by atoms with Gasteiger partial charge in [-0.25, -0.2) is 0 Å². The highest BCUT2D eigenvalue weighted by molar-refractivity contribution is 6.52. The number of hydrogen-bond acceptors (Lipinski definition) is 2. The molecule has 2 aromatic carbocycles. The lowest BCUT2D eigenvalue weighted by atomic mass is 10.1. The Labute approximate surface area is 117 Å². The Kier molecular flexibility index (Phi) is 2.90. The average molecular weight is 265 g/mol. The lowest BCUT2D eigenvalue weighted by molar-refractivity contribution is -0.114. The predicted octanol–water partition coefficient (Wildman–Crippen LogP) is 3.03. The number of nitrogens with zero attached hydrogens (tertiary/aromatic N) is 1. The topological polar surface area (TPSA) is 37.4 Å². The van der Waals surface area contributed by atoms with Gasteiger partial charge in [0, 0.05) is 0 Å². The summed E-state index contributed by atoms with van der Waals surface area (Å²) in [6, 6.07) is 13.5. The molecular formula is C17H15NO2. The number of benzene rings is 2. The first kappa shape index (κ1) is 12.6. The molecule has 0 N–H and O–H groups in total. The van der Waals surface area contributed by atoms with Crippen LogP contribution in [0.3, 0.4) is 0 Å². The lowest BCUT2D eigenvalue weighted by Gasteiger charge is -2.17. The van der Waals surface area contributed by atoms with E-state index in [1.165, 1.54) is 0 Å². The number of hydrogen-bond donors (Lipinski definition) is 0. The molecule has 3 nitrogen and oxygen atoms in total. The Balaban J connectivity index is 1.99. The zero-order valence-corrected chi connectivity index (χ0v) is 11.5. The van der Waals surface area contributed by atoms with E-state index in [-0.39, 0.29) is 0 Å². The number of ketones is 1. The number of amides is 1. The Bertz CT molecular complexity index is 719. The maximum atomic E-state index is 12.1. The first-order valence-corrected chi connectivity index (χ1v) is 6.58. The van der Waals surface area contributed by atoms with Crippen molar-refractivity contribution in [3.8, 4) is 0 Å². The third-order valence-corrected chi connectivity index (χ3v) is 3.55. The molecule has 1 heterocycles. The number of Topliss-reactive ketones (excluding diaryl/α,β-unsaturated/α-hetero) is 1. The molecule has 0 saturated heterocycles. The zero-order valence-electron chi connectivity index (χ0n) is 11.5. The minimum atomic E-state index is -0.438. The van der Waals surface area contributed by atoms with Crippen molar-refractivity contribution >= 4 is 17.4 Å². The first-order valence-electron chi connectivity index (χ1n) is 6.58. The van der Waals surface area contributed by atoms with Crippen molar-refractivity contribution in [2.75, 3.05) is 4.90 Å². The van der Waals surface area contributed by atoms with Crippen LogP contribution in [0.1, 0.15) is 27.0 Å². The fraction of sp³-hybridized carbons (Fsp3) is 0.176. The molecule has 3 heteroatoms. The van der Waals surface area contributed by atoms with Crippen LogP contribution in [0.25, 0.3) is 0 Å². The van der Waals surface area contributed by atoms with E-state index in [2.05, 4.69) is 0 Å². The molecule has 2 aromatic rings. The minimum absolute atomic E-state index is 0.406. The fourth-order valence-corrected chi connectivity index (χ4v) is 2.56. The Morgan fingerprint density at radius 3 is 2.45 bits per heavy atom. The number of anilines is 1. The van der Waals surface area contributed by atoms with Crippen LogP contribution in [0, 0.1) is 13.8 Å². The molecule has 0 radical (unpaired) electrons. The van der Waals surface area contributed by atoms with Gasteiger partial charge in [0.15, 0.2) is 0 Å². The summed E-state index contributed by atoms with van der Waals surface area (Å²) in [6.07, 6.45) is 0. The maximum Gasteiger partial charge on any atom is 0.299 e. The van der Waals surface area contributed by atoms with Crippen molar-refractivity contribution in [2.24, 2.45) is 0 Å². The van der Waals surface area contributed by atoms with Crippen LogP contribution >= 0.6 is 0 Å². The smallest absolute Gasteiger partial charge is 0.299 e. The average Bonchev–Trinajstić information content (AvgIpc) is 2.64.